The highest BCUT2D eigenvalue weighted by atomic mass is 16.5. The van der Waals surface area contributed by atoms with Crippen LogP contribution in [-0.2, 0) is 15.1 Å². The monoisotopic (exact) mass is 505 g/mol. The molecule has 4 rings (SSSR count). The zero-order chi connectivity index (χ0) is 26.7. The first-order valence-corrected chi connectivity index (χ1v) is 12.6. The Hall–Kier alpha value is -3.88. The first-order chi connectivity index (χ1) is 17.7. The van der Waals surface area contributed by atoms with Gasteiger partial charge in [-0.25, -0.2) is 9.79 Å². The molecule has 0 aromatic heterocycles. The third kappa shape index (κ3) is 5.03. The number of rotatable bonds is 6. The van der Waals surface area contributed by atoms with Gasteiger partial charge in [-0.1, -0.05) is 56.3 Å². The minimum absolute atomic E-state index is 0.119. The summed E-state index contributed by atoms with van der Waals surface area (Å²) in [6.45, 7) is 7.71. The fraction of sp³-hybridized carbons (Fsp3) is 0.429. The zero-order valence-corrected chi connectivity index (χ0v) is 21.9. The molecule has 196 valence electrons. The van der Waals surface area contributed by atoms with Crippen molar-refractivity contribution in [3.05, 3.63) is 71.3 Å². The number of hydrogen-bond acceptors (Lipinski definition) is 6. The number of aliphatic imine (C=N–C) groups is 1. The Labute approximate surface area is 217 Å². The summed E-state index contributed by atoms with van der Waals surface area (Å²) in [6.07, 6.45) is 0.150. The molecule has 0 aliphatic carbocycles. The summed E-state index contributed by atoms with van der Waals surface area (Å²) in [5.74, 6) is 0.119. The van der Waals surface area contributed by atoms with Crippen LogP contribution in [0.3, 0.4) is 0 Å². The summed E-state index contributed by atoms with van der Waals surface area (Å²) in [4.78, 5) is 48.6. The number of carbonyl (C=O) groups is 3. The van der Waals surface area contributed by atoms with Gasteiger partial charge >= 0.3 is 6.09 Å². The van der Waals surface area contributed by atoms with E-state index in [2.05, 4.69) is 13.8 Å². The normalized spacial score (nSPS) is 20.7. The molecule has 9 nitrogen and oxygen atoms in total. The molecule has 1 fully saturated rings. The van der Waals surface area contributed by atoms with Crippen molar-refractivity contribution in [2.24, 2.45) is 16.6 Å². The summed E-state index contributed by atoms with van der Waals surface area (Å²) in [7, 11) is 1.35. The number of amides is 3. The first kappa shape index (κ1) is 26.2. The van der Waals surface area contributed by atoms with Crippen molar-refractivity contribution in [2.75, 3.05) is 33.3 Å². The summed E-state index contributed by atoms with van der Waals surface area (Å²) in [5.41, 5.74) is 7.46. The Kier molecular flexibility index (Phi) is 7.52. The van der Waals surface area contributed by atoms with Gasteiger partial charge < -0.3 is 20.3 Å². The van der Waals surface area contributed by atoms with Gasteiger partial charge in [-0.3, -0.25) is 14.5 Å². The first-order valence-electron chi connectivity index (χ1n) is 12.6. The number of ether oxygens (including phenoxy) is 1. The summed E-state index contributed by atoms with van der Waals surface area (Å²) in [5, 5.41) is 0. The van der Waals surface area contributed by atoms with E-state index < -0.39 is 11.6 Å². The molecule has 2 aliphatic rings. The lowest BCUT2D eigenvalue weighted by Crippen LogP contribution is -2.50. The van der Waals surface area contributed by atoms with Crippen molar-refractivity contribution in [3.63, 3.8) is 0 Å². The van der Waals surface area contributed by atoms with E-state index >= 15 is 0 Å². The molecule has 2 N–H and O–H groups in total. The third-order valence-electron chi connectivity index (χ3n) is 7.08. The van der Waals surface area contributed by atoms with Crippen molar-refractivity contribution < 1.29 is 19.1 Å². The van der Waals surface area contributed by atoms with Crippen LogP contribution in [0.5, 0.6) is 0 Å². The quantitative estimate of drug-likeness (QED) is 0.648. The molecule has 2 heterocycles. The number of hydrogen-bond donors (Lipinski definition) is 1. The van der Waals surface area contributed by atoms with E-state index in [0.717, 1.165) is 11.1 Å². The molecule has 9 heteroatoms. The van der Waals surface area contributed by atoms with Crippen LogP contribution < -0.4 is 5.73 Å². The van der Waals surface area contributed by atoms with E-state index in [4.69, 9.17) is 15.5 Å². The molecule has 1 saturated heterocycles. The van der Waals surface area contributed by atoms with Crippen LogP contribution in [0.4, 0.5) is 4.79 Å². The fourth-order valence-electron chi connectivity index (χ4n) is 5.20. The minimum atomic E-state index is -1.07. The van der Waals surface area contributed by atoms with E-state index in [9.17, 15) is 14.4 Å². The topological polar surface area (TPSA) is 109 Å². The lowest BCUT2D eigenvalue weighted by Gasteiger charge is -2.34. The van der Waals surface area contributed by atoms with Crippen LogP contribution in [0, 0.1) is 5.92 Å². The second-order valence-corrected chi connectivity index (χ2v) is 10.0. The Bertz CT molecular complexity index is 1190. The number of carbonyl (C=O) groups excluding carboxylic acids is 3. The molecule has 2 atom stereocenters. The Morgan fingerprint density at radius 3 is 2.27 bits per heavy atom. The maximum Gasteiger partial charge on any atom is 0.409 e. The van der Waals surface area contributed by atoms with Crippen LogP contribution in [-0.4, -0.2) is 71.9 Å². The fourth-order valence-corrected chi connectivity index (χ4v) is 5.20. The average molecular weight is 506 g/mol. The Morgan fingerprint density at radius 2 is 1.65 bits per heavy atom. The van der Waals surface area contributed by atoms with Crippen molar-refractivity contribution in [1.82, 2.24) is 14.7 Å². The van der Waals surface area contributed by atoms with Crippen molar-refractivity contribution >= 4 is 23.9 Å². The summed E-state index contributed by atoms with van der Waals surface area (Å²) in [6, 6.07) is 16.4. The number of guanidine groups is 1. The lowest BCUT2D eigenvalue weighted by molar-refractivity contribution is -0.133. The van der Waals surface area contributed by atoms with E-state index in [1.54, 1.807) is 20.8 Å². The minimum Gasteiger partial charge on any atom is -0.453 e. The predicted molar refractivity (Wildman–Crippen MR) is 141 cm³/mol. The number of piperazine rings is 1. The second kappa shape index (κ2) is 10.6. The number of nitrogens with zero attached hydrogens (tertiary/aromatic N) is 4. The molecule has 0 spiro atoms. The van der Waals surface area contributed by atoms with Gasteiger partial charge in [0.15, 0.2) is 11.5 Å². The van der Waals surface area contributed by atoms with Crippen molar-refractivity contribution in [1.29, 1.82) is 0 Å². The molecular weight excluding hydrogens is 470 g/mol. The molecule has 0 radical (unpaired) electrons. The third-order valence-corrected chi connectivity index (χ3v) is 7.08. The average Bonchev–Trinajstić information content (AvgIpc) is 3.17. The molecular formula is C28H35N5O4. The number of nitrogens with two attached hydrogens (primary N) is 1. The highest BCUT2D eigenvalue weighted by molar-refractivity contribution is 6.07. The maximum atomic E-state index is 14.0. The van der Waals surface area contributed by atoms with Crippen LogP contribution in [0.1, 0.15) is 54.7 Å². The highest BCUT2D eigenvalue weighted by Crippen LogP contribution is 2.41. The SMILES string of the molecule is COC(=O)N1CCN(C(=O)c2cccc([C@@H](C)N3C(=O)C(CC(C)C)(c4ccccc4)N=C3N)c2)CC1. The van der Waals surface area contributed by atoms with E-state index in [1.165, 1.54) is 7.11 Å². The zero-order valence-electron chi connectivity index (χ0n) is 21.9. The molecule has 2 aromatic rings. The van der Waals surface area contributed by atoms with Crippen molar-refractivity contribution in [2.45, 2.75) is 38.8 Å². The Morgan fingerprint density at radius 1 is 1.00 bits per heavy atom. The van der Waals surface area contributed by atoms with Crippen LogP contribution in [0.2, 0.25) is 0 Å². The predicted octanol–water partition coefficient (Wildman–Crippen LogP) is 3.37. The van der Waals surface area contributed by atoms with Gasteiger partial charge in [-0.05, 0) is 42.5 Å². The van der Waals surface area contributed by atoms with Gasteiger partial charge in [0.2, 0.25) is 0 Å². The molecule has 3 amide bonds. The summed E-state index contributed by atoms with van der Waals surface area (Å²) < 4.78 is 4.77. The lowest BCUT2D eigenvalue weighted by atomic mass is 9.82. The molecule has 0 bridgehead atoms. The van der Waals surface area contributed by atoms with Crippen LogP contribution in [0.15, 0.2) is 59.6 Å². The van der Waals surface area contributed by atoms with Crippen molar-refractivity contribution in [3.8, 4) is 0 Å². The molecule has 2 aromatic carbocycles. The van der Waals surface area contributed by atoms with Crippen LogP contribution >= 0.6 is 0 Å². The maximum absolute atomic E-state index is 14.0. The molecule has 0 saturated carbocycles. The van der Waals surface area contributed by atoms with Gasteiger partial charge in [-0.15, -0.1) is 0 Å². The smallest absolute Gasteiger partial charge is 0.409 e. The largest absolute Gasteiger partial charge is 0.453 e. The Balaban J connectivity index is 1.56. The van der Waals surface area contributed by atoms with Gasteiger partial charge in [0, 0.05) is 31.7 Å². The van der Waals surface area contributed by atoms with Gasteiger partial charge in [-0.2, -0.15) is 0 Å². The van der Waals surface area contributed by atoms with Gasteiger partial charge in [0.1, 0.15) is 0 Å². The van der Waals surface area contributed by atoms with E-state index in [0.29, 0.717) is 38.2 Å². The molecule has 1 unspecified atom stereocenters. The number of methoxy groups -OCH3 is 1. The second-order valence-electron chi connectivity index (χ2n) is 10.0. The van der Waals surface area contributed by atoms with Gasteiger partial charge in [0.05, 0.1) is 13.2 Å². The van der Waals surface area contributed by atoms with Gasteiger partial charge in [0.25, 0.3) is 11.8 Å². The highest BCUT2D eigenvalue weighted by Gasteiger charge is 2.50. The molecule has 37 heavy (non-hydrogen) atoms. The summed E-state index contributed by atoms with van der Waals surface area (Å²) >= 11 is 0. The van der Waals surface area contributed by atoms with E-state index in [-0.39, 0.29) is 29.8 Å². The molecule has 2 aliphatic heterocycles. The number of benzene rings is 2. The van der Waals surface area contributed by atoms with Crippen LogP contribution in [0.25, 0.3) is 0 Å². The van der Waals surface area contributed by atoms with E-state index in [1.807, 2.05) is 55.5 Å². The standard InChI is InChI=1S/C28H35N5O4/c1-19(2)18-28(23-11-6-5-7-12-23)25(35)33(26(29)30-28)20(3)21-9-8-10-22(17-21)24(34)31-13-15-32(16-14-31)27(36)37-4/h5-12,17,19-20H,13-16,18H2,1-4H3,(H2,29,30)/t20-,28?/m1/s1.